The molecule has 312 valence electrons. The molecular weight excluding hydrogens is 828 g/mol. The molecule has 0 saturated heterocycles. The van der Waals surface area contributed by atoms with E-state index in [1.165, 1.54) is 97.1 Å². The van der Waals surface area contributed by atoms with E-state index >= 15 is 0 Å². The molecule has 0 saturated carbocycles. The molecule has 0 bridgehead atoms. The van der Waals surface area contributed by atoms with Crippen molar-refractivity contribution in [1.82, 2.24) is 20.4 Å². The smallest absolute Gasteiger partial charge is 0.336 e. The fourth-order valence-corrected chi connectivity index (χ4v) is 6.15. The summed E-state index contributed by atoms with van der Waals surface area (Å²) >= 11 is 0. The second-order valence-electron chi connectivity index (χ2n) is 13.5. The molecule has 8 rings (SSSR count). The Hall–Kier alpha value is -7.08. The van der Waals surface area contributed by atoms with Crippen LogP contribution in [0.4, 0.5) is 17.6 Å². The first kappa shape index (κ1) is 46.6. The average Bonchev–Trinajstić information content (AvgIpc) is 3.82. The number of hydrogen-bond donors (Lipinski definition) is 4. The first-order chi connectivity index (χ1) is 28.7. The van der Waals surface area contributed by atoms with Crippen LogP contribution >= 0.6 is 0 Å². The zero-order valence-electron chi connectivity index (χ0n) is 33.3. The van der Waals surface area contributed by atoms with Crippen molar-refractivity contribution in [1.29, 1.82) is 0 Å². The van der Waals surface area contributed by atoms with E-state index in [9.17, 15) is 37.4 Å². The number of aryl methyl sites for hydroxylation is 4. The fourth-order valence-electron chi connectivity index (χ4n) is 6.15. The number of rotatable bonds is 6. The summed E-state index contributed by atoms with van der Waals surface area (Å²) in [6.07, 6.45) is 0. The van der Waals surface area contributed by atoms with Crippen molar-refractivity contribution in [3.8, 4) is 44.5 Å². The molecular formula is C48H40F4FeN4O4. The Balaban J connectivity index is 0.000000202. The number of aromatic carboxylic acids is 2. The number of carboxylic acids is 2. The molecule has 0 spiro atoms. The maximum absolute atomic E-state index is 13.1. The van der Waals surface area contributed by atoms with Crippen LogP contribution in [0.25, 0.3) is 44.5 Å². The van der Waals surface area contributed by atoms with Crippen LogP contribution in [-0.2, 0) is 17.1 Å². The number of nitrogens with one attached hydrogen (secondary N) is 2. The fraction of sp³-hybridized carbons (Fsp3) is 0.0833. The molecule has 13 heteroatoms. The number of halogens is 4. The van der Waals surface area contributed by atoms with Gasteiger partial charge in [-0.05, 0) is 133 Å². The summed E-state index contributed by atoms with van der Waals surface area (Å²) in [4.78, 5) is 23.5. The standard InChI is InChI=1S/2C19H12F2O2.2C5H8N2.Fe/c2*20-14-8-4-12(5-9-14)16-2-1-3-17(18(16)19(22)23)13-6-10-15(21)11-7-13;2*1-4-3-5(2)7-6-4;/h2*1-11H,(H,22,23);2*3H,1-2H3,(H,6,7);. The quantitative estimate of drug-likeness (QED) is 0.0972. The molecule has 0 aliphatic carbocycles. The van der Waals surface area contributed by atoms with Gasteiger partial charge in [-0.15, -0.1) is 0 Å². The predicted molar refractivity (Wildman–Crippen MR) is 225 cm³/mol. The SMILES string of the molecule is Cc1cc(C)[nH]n1.Cc1cc(C)[nH]n1.O=C(O)c1c(-c2ccc(F)cc2)cccc1-c1ccc(F)cc1.O=C(O)c1c(-c2ccc(F)cc2)cccc1-c1ccc(F)cc1.[Fe]. The summed E-state index contributed by atoms with van der Waals surface area (Å²) in [5.41, 5.74) is 8.92. The normalized spacial score (nSPS) is 10.1. The zero-order valence-corrected chi connectivity index (χ0v) is 34.4. The van der Waals surface area contributed by atoms with Gasteiger partial charge >= 0.3 is 11.9 Å². The van der Waals surface area contributed by atoms with E-state index in [1.54, 1.807) is 36.4 Å². The Morgan fingerprint density at radius 3 is 0.803 bits per heavy atom. The number of aromatic nitrogens is 4. The Kier molecular flexibility index (Phi) is 16.6. The van der Waals surface area contributed by atoms with Gasteiger partial charge in [0.1, 0.15) is 23.3 Å². The first-order valence-electron chi connectivity index (χ1n) is 18.4. The molecule has 2 heterocycles. The summed E-state index contributed by atoms with van der Waals surface area (Å²) < 4.78 is 52.4. The molecule has 0 atom stereocenters. The molecule has 8 nitrogen and oxygen atoms in total. The van der Waals surface area contributed by atoms with E-state index in [2.05, 4.69) is 20.4 Å². The summed E-state index contributed by atoms with van der Waals surface area (Å²) in [5.74, 6) is -3.74. The Morgan fingerprint density at radius 2 is 0.656 bits per heavy atom. The van der Waals surface area contributed by atoms with E-state index in [4.69, 9.17) is 0 Å². The van der Waals surface area contributed by atoms with E-state index in [1.807, 2.05) is 39.8 Å². The Morgan fingerprint density at radius 1 is 0.426 bits per heavy atom. The van der Waals surface area contributed by atoms with Gasteiger partial charge < -0.3 is 10.2 Å². The molecule has 2 aromatic heterocycles. The Labute approximate surface area is 360 Å². The van der Waals surface area contributed by atoms with Crippen LogP contribution < -0.4 is 0 Å². The van der Waals surface area contributed by atoms with Crippen LogP contribution in [0.1, 0.15) is 43.5 Å². The minimum atomic E-state index is -1.09. The zero-order chi connectivity index (χ0) is 43.3. The number of hydrogen-bond acceptors (Lipinski definition) is 4. The van der Waals surface area contributed by atoms with Gasteiger partial charge in [-0.2, -0.15) is 10.2 Å². The topological polar surface area (TPSA) is 132 Å². The van der Waals surface area contributed by atoms with Gasteiger partial charge in [0.15, 0.2) is 0 Å². The maximum Gasteiger partial charge on any atom is 0.336 e. The van der Waals surface area contributed by atoms with E-state index in [-0.39, 0.29) is 51.5 Å². The van der Waals surface area contributed by atoms with Crippen LogP contribution in [0.5, 0.6) is 0 Å². The predicted octanol–water partition coefficient (Wildman–Crippen LogP) is 12.0. The molecule has 61 heavy (non-hydrogen) atoms. The molecule has 0 aliphatic heterocycles. The summed E-state index contributed by atoms with van der Waals surface area (Å²) in [6, 6.07) is 36.7. The second-order valence-corrected chi connectivity index (χ2v) is 13.5. The summed E-state index contributed by atoms with van der Waals surface area (Å²) in [5, 5.41) is 32.7. The van der Waals surface area contributed by atoms with Gasteiger partial charge in [-0.3, -0.25) is 10.2 Å². The number of benzene rings is 6. The Bertz CT molecular complexity index is 2340. The summed E-state index contributed by atoms with van der Waals surface area (Å²) in [6.45, 7) is 7.90. The van der Waals surface area contributed by atoms with Gasteiger partial charge in [0.05, 0.1) is 22.5 Å². The van der Waals surface area contributed by atoms with Crippen molar-refractivity contribution in [2.75, 3.05) is 0 Å². The number of aromatic amines is 2. The molecule has 0 radical (unpaired) electrons. The summed E-state index contributed by atoms with van der Waals surface area (Å²) in [7, 11) is 0. The number of H-pyrrole nitrogens is 2. The molecule has 0 fully saturated rings. The molecule has 0 aliphatic rings. The van der Waals surface area contributed by atoms with E-state index in [0.29, 0.717) is 44.5 Å². The third-order valence-corrected chi connectivity index (χ3v) is 8.85. The maximum atomic E-state index is 13.1. The van der Waals surface area contributed by atoms with Crippen LogP contribution in [0.15, 0.2) is 146 Å². The van der Waals surface area contributed by atoms with Crippen LogP contribution in [0.3, 0.4) is 0 Å². The van der Waals surface area contributed by atoms with Gasteiger partial charge in [-0.25, -0.2) is 27.2 Å². The van der Waals surface area contributed by atoms with Gasteiger partial charge in [-0.1, -0.05) is 84.9 Å². The molecule has 4 N–H and O–H groups in total. The van der Waals surface area contributed by atoms with Crippen molar-refractivity contribution < 1.29 is 54.4 Å². The van der Waals surface area contributed by atoms with Crippen molar-refractivity contribution in [3.63, 3.8) is 0 Å². The minimum absolute atomic E-state index is 0. The van der Waals surface area contributed by atoms with Crippen molar-refractivity contribution >= 4 is 11.9 Å². The van der Waals surface area contributed by atoms with Crippen LogP contribution in [0.2, 0.25) is 0 Å². The number of carbonyl (C=O) groups is 2. The number of carboxylic acid groups (broad SMARTS) is 2. The third kappa shape index (κ3) is 13.0. The molecule has 6 aromatic carbocycles. The largest absolute Gasteiger partial charge is 0.478 e. The second kappa shape index (κ2) is 21.8. The van der Waals surface area contributed by atoms with Crippen LogP contribution in [0, 0.1) is 51.0 Å². The van der Waals surface area contributed by atoms with Crippen LogP contribution in [-0.4, -0.2) is 42.5 Å². The molecule has 8 aromatic rings. The monoisotopic (exact) mass is 868 g/mol. The van der Waals surface area contributed by atoms with E-state index < -0.39 is 11.9 Å². The average molecular weight is 869 g/mol. The first-order valence-corrected chi connectivity index (χ1v) is 18.4. The molecule has 0 amide bonds. The minimum Gasteiger partial charge on any atom is -0.478 e. The van der Waals surface area contributed by atoms with Gasteiger partial charge in [0.25, 0.3) is 0 Å². The van der Waals surface area contributed by atoms with Crippen molar-refractivity contribution in [2.24, 2.45) is 0 Å². The van der Waals surface area contributed by atoms with Crippen molar-refractivity contribution in [2.45, 2.75) is 27.7 Å². The van der Waals surface area contributed by atoms with E-state index in [0.717, 1.165) is 22.8 Å². The third-order valence-electron chi connectivity index (χ3n) is 8.85. The van der Waals surface area contributed by atoms with Crippen molar-refractivity contribution in [3.05, 3.63) is 203 Å². The number of nitrogens with zero attached hydrogens (tertiary/aromatic N) is 2. The van der Waals surface area contributed by atoms with Gasteiger partial charge in [0.2, 0.25) is 0 Å². The van der Waals surface area contributed by atoms with Gasteiger partial charge in [0, 0.05) is 28.5 Å². The molecule has 0 unspecified atom stereocenters.